The van der Waals surface area contributed by atoms with E-state index in [1.165, 1.54) is 150 Å². The fourth-order valence-corrected chi connectivity index (χ4v) is 24.5. The summed E-state index contributed by atoms with van der Waals surface area (Å²) in [6, 6.07) is 8.77. The molecule has 17 heterocycles. The molecule has 1 aromatic heterocycles. The molecule has 17 fully saturated rings. The number of nitrogens with one attached hydrogen (secondary N) is 7. The first-order valence-electron chi connectivity index (χ1n) is 52.4. The minimum absolute atomic E-state index is 0.0751. The quantitative estimate of drug-likeness (QED) is 0.0563. The van der Waals surface area contributed by atoms with Crippen LogP contribution in [-0.2, 0) is 30.4 Å². The van der Waals surface area contributed by atoms with Crippen molar-refractivity contribution in [1.82, 2.24) is 111 Å². The Hall–Kier alpha value is -6.58. The van der Waals surface area contributed by atoms with Gasteiger partial charge in [-0.1, -0.05) is 6.07 Å². The summed E-state index contributed by atoms with van der Waals surface area (Å²) in [5.74, 6) is 2.05. The molecule has 7 N–H and O–H groups in total. The van der Waals surface area contributed by atoms with Gasteiger partial charge in [0.2, 0.25) is 0 Å². The Morgan fingerprint density at radius 2 is 0.644 bits per heavy atom. The van der Waals surface area contributed by atoms with Gasteiger partial charge in [0.15, 0.2) is 0 Å². The molecule has 16 aliphatic heterocycles. The van der Waals surface area contributed by atoms with E-state index in [9.17, 15) is 42.3 Å². The number of hydroxylamine groups is 2. The third-order valence-electron chi connectivity index (χ3n) is 32.8. The van der Waals surface area contributed by atoms with Crippen molar-refractivity contribution >= 4 is 42.2 Å². The lowest BCUT2D eigenvalue weighted by molar-refractivity contribution is -0.0904. The second kappa shape index (κ2) is 53.9. The van der Waals surface area contributed by atoms with Gasteiger partial charge < -0.3 is 109 Å². The largest absolute Gasteiger partial charge is 0.383 e. The second-order valence-electron chi connectivity index (χ2n) is 42.8. The number of hydrogen-bond donors (Lipinski definition) is 7. The molecular formula is C99H176F2N22O12. The molecule has 34 nitrogen and oxygen atoms in total. The maximum atomic E-state index is 12.9. The number of aromatic nitrogens is 1. The van der Waals surface area contributed by atoms with Gasteiger partial charge in [-0.05, 0) is 381 Å². The molecule has 0 radical (unpaired) electrons. The Kier molecular flexibility index (Phi) is 42.8. The number of nitrogens with zero attached hydrogens (tertiary/aromatic N) is 15. The van der Waals surface area contributed by atoms with Gasteiger partial charge in [-0.3, -0.25) is 14.7 Å². The van der Waals surface area contributed by atoms with Crippen LogP contribution in [0.1, 0.15) is 205 Å². The fraction of sp³-hybridized carbons (Fsp3) is 0.879. The number of methoxy groups -OCH3 is 1. The Morgan fingerprint density at radius 3 is 0.896 bits per heavy atom. The molecule has 1 aromatic rings. The summed E-state index contributed by atoms with van der Waals surface area (Å²) in [6.45, 7) is 28.7. The highest BCUT2D eigenvalue weighted by molar-refractivity contribution is 5.78. The fourth-order valence-electron chi connectivity index (χ4n) is 24.5. The first kappa shape index (κ1) is 107. The summed E-state index contributed by atoms with van der Waals surface area (Å²) in [5.41, 5.74) is 5.65. The number of likely N-dealkylation sites (tertiary alicyclic amines) is 14. The highest BCUT2D eigenvalue weighted by atomic mass is 19.3. The summed E-state index contributed by atoms with van der Waals surface area (Å²) in [4.78, 5) is 130. The number of piperidine rings is 7. The lowest BCUT2D eigenvalue weighted by atomic mass is 9.87. The SMILES string of the molecule is CN1CCC([C@@H]2CCCN2C(=O)NC2(C)COC2)CC1.CN1CCC([C@@H]2CCCN2C(=O)NC2CC(F)(F)C2)CC1.CN1CCC([C@@H]2CCCN2C(=O)NC2COC2)CC1.CN1CCC([C@@H]2CCCN2C(=O)NCc2ccccn2)CC1.COCCNC(=O)N1CCC[C@H]1C1CCN(C)CC1.CONC(=O)N1CCCC1C1CCN(C)CC1.CONC(=O)N1CCC[C@H]1C1CCN(C)CC1. The van der Waals surface area contributed by atoms with Crippen LogP contribution in [0.5, 0.6) is 0 Å². The maximum Gasteiger partial charge on any atom is 0.341 e. The second-order valence-corrected chi connectivity index (χ2v) is 42.8. The number of ether oxygens (including phenoxy) is 3. The first-order valence-corrected chi connectivity index (χ1v) is 52.4. The van der Waals surface area contributed by atoms with Gasteiger partial charge in [0, 0.05) is 127 Å². The molecule has 0 spiro atoms. The minimum Gasteiger partial charge on any atom is -0.383 e. The topological polar surface area (TPSA) is 308 Å². The predicted octanol–water partition coefficient (Wildman–Crippen LogP) is 9.87. The van der Waals surface area contributed by atoms with Gasteiger partial charge in [-0.15, -0.1) is 0 Å². The van der Waals surface area contributed by atoms with E-state index in [2.05, 4.69) is 153 Å². The molecule has 1 aliphatic carbocycles. The van der Waals surface area contributed by atoms with Crippen molar-refractivity contribution in [2.75, 3.05) is 248 Å². The number of alkyl halides is 2. The zero-order valence-corrected chi connectivity index (χ0v) is 84.4. The number of carbonyl (C=O) groups excluding carboxylic acids is 7. The zero-order valence-electron chi connectivity index (χ0n) is 84.4. The summed E-state index contributed by atoms with van der Waals surface area (Å²) >= 11 is 0. The van der Waals surface area contributed by atoms with E-state index < -0.39 is 5.92 Å². The minimum atomic E-state index is -2.57. The number of rotatable bonds is 17. The summed E-state index contributed by atoms with van der Waals surface area (Å²) in [7, 11) is 19.8. The number of urea groups is 7. The summed E-state index contributed by atoms with van der Waals surface area (Å²) in [5, 5.41) is 15.0. The van der Waals surface area contributed by atoms with E-state index in [-0.39, 0.29) is 72.7 Å². The van der Waals surface area contributed by atoms with Crippen LogP contribution in [0.25, 0.3) is 0 Å². The maximum absolute atomic E-state index is 12.9. The average molecular weight is 1900 g/mol. The molecule has 18 rings (SSSR count). The zero-order chi connectivity index (χ0) is 96.0. The Labute approximate surface area is 806 Å². The van der Waals surface area contributed by atoms with Crippen molar-refractivity contribution in [2.24, 2.45) is 41.4 Å². The van der Waals surface area contributed by atoms with E-state index >= 15 is 0 Å². The average Bonchev–Trinajstić information content (AvgIpc) is 1.72. The van der Waals surface area contributed by atoms with Gasteiger partial charge in [-0.2, -0.15) is 0 Å². The van der Waals surface area contributed by atoms with Gasteiger partial charge in [0.1, 0.15) is 0 Å². The molecule has 0 aromatic carbocycles. The number of pyridine rings is 1. The standard InChI is InChI=1S/C17H26N4O.C15H25F2N3O.C15H27N3O2.C14H25N3O2.C14H27N3O2.2C12H23N3O2/c1-20-11-7-14(8-12-20)16-6-4-10-21(16)17(22)19-13-15-5-2-3-9-18-15;1-19-7-4-11(5-8-19)13-3-2-6-20(13)14(21)18-12-9-15(16,17)10-12;1-15(10-20-11-15)16-14(19)18-7-3-4-13(18)12-5-8-17(2)9-6-12;1-16-7-4-11(5-8-16)13-3-2-6-17(13)14(18)15-12-9-19-10-12;1-16-9-5-12(6-10-16)13-4-3-8-17(13)14(18)15-7-11-19-2;2*1-14-8-5-10(6-9-14)11-4-3-7-15(11)12(16)13-17-2/h2-3,5,9,14,16H,4,6-8,10-13H2,1H3,(H,19,22);11-13H,2-10H2,1H3,(H,18,21);12-13H,3-11H2,1-2H3,(H,16,19);11-13H,2-10H2,1H3,(H,15,18);12-13H,3-11H2,1-2H3,(H,15,18);2*10-11H,3-9H2,1-2H3,(H,13,16)/t16-;4*13-;11-;/m000000./s1. The van der Waals surface area contributed by atoms with Crippen molar-refractivity contribution in [3.8, 4) is 0 Å². The van der Waals surface area contributed by atoms with E-state index in [1.807, 2.05) is 32.9 Å². The molecular weight excluding hydrogens is 1730 g/mol. The molecule has 16 saturated heterocycles. The molecule has 768 valence electrons. The third-order valence-corrected chi connectivity index (χ3v) is 32.8. The third kappa shape index (κ3) is 32.0. The van der Waals surface area contributed by atoms with Crippen molar-refractivity contribution in [2.45, 2.75) is 272 Å². The molecule has 14 amide bonds. The van der Waals surface area contributed by atoms with Crippen LogP contribution in [0.2, 0.25) is 0 Å². The normalized spacial score (nSPS) is 28.1. The van der Waals surface area contributed by atoms with Crippen LogP contribution in [0, 0.1) is 41.4 Å². The highest BCUT2D eigenvalue weighted by Crippen LogP contribution is 2.41. The van der Waals surface area contributed by atoms with Crippen molar-refractivity contribution in [1.29, 1.82) is 0 Å². The lowest BCUT2D eigenvalue weighted by Crippen LogP contribution is -2.63. The van der Waals surface area contributed by atoms with Crippen molar-refractivity contribution < 1.29 is 66.2 Å². The van der Waals surface area contributed by atoms with E-state index in [0.717, 1.165) is 187 Å². The first-order chi connectivity index (χ1) is 65.2. The molecule has 0 bridgehead atoms. The van der Waals surface area contributed by atoms with Crippen LogP contribution < -0.4 is 37.5 Å². The van der Waals surface area contributed by atoms with Crippen molar-refractivity contribution in [3.05, 3.63) is 30.1 Å². The van der Waals surface area contributed by atoms with Gasteiger partial charge in [-0.25, -0.2) is 53.3 Å². The Morgan fingerprint density at radius 1 is 0.363 bits per heavy atom. The molecule has 17 aliphatic rings. The summed E-state index contributed by atoms with van der Waals surface area (Å²) in [6.07, 6.45) is 34.1. The van der Waals surface area contributed by atoms with E-state index in [0.29, 0.717) is 130 Å². The number of halogens is 2. The Balaban J connectivity index is 0.000000142. The Bertz CT molecular complexity index is 3630. The highest BCUT2D eigenvalue weighted by Gasteiger charge is 2.49. The molecule has 1 unspecified atom stereocenters. The van der Waals surface area contributed by atoms with Crippen molar-refractivity contribution in [3.63, 3.8) is 0 Å². The van der Waals surface area contributed by atoms with Gasteiger partial charge >= 0.3 is 42.2 Å². The molecule has 1 saturated carbocycles. The van der Waals surface area contributed by atoms with Gasteiger partial charge in [0.25, 0.3) is 5.92 Å². The van der Waals surface area contributed by atoms with E-state index in [4.69, 9.17) is 23.9 Å². The number of carbonyl (C=O) groups is 7. The lowest BCUT2D eigenvalue weighted by Gasteiger charge is -2.42. The molecule has 36 heteroatoms. The number of amides is 14. The van der Waals surface area contributed by atoms with Crippen LogP contribution in [-0.4, -0.2) is 429 Å². The summed E-state index contributed by atoms with van der Waals surface area (Å²) < 4.78 is 41.0. The van der Waals surface area contributed by atoms with Crippen LogP contribution in [0.3, 0.4) is 0 Å². The van der Waals surface area contributed by atoms with Crippen LogP contribution in [0.15, 0.2) is 24.4 Å². The smallest absolute Gasteiger partial charge is 0.341 e. The monoisotopic (exact) mass is 1900 g/mol. The van der Waals surface area contributed by atoms with Crippen LogP contribution >= 0.6 is 0 Å². The predicted molar refractivity (Wildman–Crippen MR) is 520 cm³/mol. The number of hydrogen-bond acceptors (Lipinski definition) is 20. The molecule has 135 heavy (non-hydrogen) atoms. The molecule has 7 atom stereocenters. The van der Waals surface area contributed by atoms with Crippen LogP contribution in [0.4, 0.5) is 42.3 Å². The van der Waals surface area contributed by atoms with Gasteiger partial charge in [0.05, 0.1) is 71.1 Å². The van der Waals surface area contributed by atoms with E-state index in [1.54, 1.807) is 13.3 Å².